The van der Waals surface area contributed by atoms with Crippen LogP contribution >= 0.6 is 12.2 Å². The highest BCUT2D eigenvalue weighted by atomic mass is 32.1. The van der Waals surface area contributed by atoms with Gasteiger partial charge in [0.25, 0.3) is 0 Å². The smallest absolute Gasteiger partial charge is 0.387 e. The van der Waals surface area contributed by atoms with Gasteiger partial charge in [0.1, 0.15) is 5.75 Å². The van der Waals surface area contributed by atoms with Crippen LogP contribution in [0, 0.1) is 0 Å². The number of thiocarbonyl (C=S) groups is 1. The summed E-state index contributed by atoms with van der Waals surface area (Å²) in [5.41, 5.74) is 1.86. The van der Waals surface area contributed by atoms with E-state index in [0.29, 0.717) is 11.7 Å². The Morgan fingerprint density at radius 3 is 2.50 bits per heavy atom. The first kappa shape index (κ1) is 17.8. The third kappa shape index (κ3) is 5.92. The number of hydrogen-bond acceptors (Lipinski definition) is 3. The van der Waals surface area contributed by atoms with E-state index in [1.165, 1.54) is 17.1 Å². The van der Waals surface area contributed by atoms with Crippen molar-refractivity contribution >= 4 is 23.5 Å². The summed E-state index contributed by atoms with van der Waals surface area (Å²) in [6.07, 6.45) is 1.59. The van der Waals surface area contributed by atoms with Crippen LogP contribution in [0.15, 0.2) is 59.7 Å². The molecule has 0 saturated heterocycles. The number of nitrogens with one attached hydrogen (secondary N) is 1. The van der Waals surface area contributed by atoms with Gasteiger partial charge >= 0.3 is 6.61 Å². The average Bonchev–Trinajstić information content (AvgIpc) is 2.59. The number of rotatable bonds is 6. The van der Waals surface area contributed by atoms with Gasteiger partial charge in [0.15, 0.2) is 5.11 Å². The molecule has 0 bridgehead atoms. The van der Waals surface area contributed by atoms with Gasteiger partial charge < -0.3 is 10.1 Å². The Morgan fingerprint density at radius 2 is 1.88 bits per heavy atom. The molecule has 0 aliphatic rings. The molecular formula is C17H17F2N3OS. The molecule has 0 saturated carbocycles. The number of halogens is 2. The van der Waals surface area contributed by atoms with Crippen molar-refractivity contribution in [3.05, 3.63) is 65.7 Å². The SMILES string of the molecule is CN(/N=C\c1ccc(OC(F)F)cc1)C(=S)NCc1ccccc1. The zero-order valence-electron chi connectivity index (χ0n) is 13.0. The van der Waals surface area contributed by atoms with Crippen molar-refractivity contribution in [2.45, 2.75) is 13.2 Å². The van der Waals surface area contributed by atoms with Crippen molar-refractivity contribution in [2.75, 3.05) is 7.05 Å². The van der Waals surface area contributed by atoms with Gasteiger partial charge in [0.2, 0.25) is 0 Å². The topological polar surface area (TPSA) is 36.9 Å². The maximum atomic E-state index is 12.1. The molecule has 0 amide bonds. The normalized spacial score (nSPS) is 10.8. The lowest BCUT2D eigenvalue weighted by Gasteiger charge is -2.15. The highest BCUT2D eigenvalue weighted by Crippen LogP contribution is 2.14. The summed E-state index contributed by atoms with van der Waals surface area (Å²) in [5, 5.41) is 9.33. The third-order valence-electron chi connectivity index (χ3n) is 3.07. The molecule has 126 valence electrons. The van der Waals surface area contributed by atoms with E-state index in [-0.39, 0.29) is 5.75 Å². The summed E-state index contributed by atoms with van der Waals surface area (Å²) in [5.74, 6) is 0.107. The fourth-order valence-corrected chi connectivity index (χ4v) is 1.95. The summed E-state index contributed by atoms with van der Waals surface area (Å²) < 4.78 is 28.5. The largest absolute Gasteiger partial charge is 0.435 e. The van der Waals surface area contributed by atoms with Gasteiger partial charge in [-0.05, 0) is 47.6 Å². The van der Waals surface area contributed by atoms with Crippen LogP contribution in [0.2, 0.25) is 0 Å². The number of alkyl halides is 2. The van der Waals surface area contributed by atoms with Gasteiger partial charge in [-0.3, -0.25) is 0 Å². The molecule has 0 atom stereocenters. The minimum atomic E-state index is -2.83. The van der Waals surface area contributed by atoms with Crippen molar-refractivity contribution in [2.24, 2.45) is 5.10 Å². The van der Waals surface area contributed by atoms with Crippen molar-refractivity contribution in [1.82, 2.24) is 10.3 Å². The maximum Gasteiger partial charge on any atom is 0.387 e. The van der Waals surface area contributed by atoms with Gasteiger partial charge in [-0.1, -0.05) is 30.3 Å². The molecule has 0 spiro atoms. The molecule has 0 aromatic heterocycles. The molecule has 7 heteroatoms. The van der Waals surface area contributed by atoms with E-state index in [1.54, 1.807) is 25.4 Å². The molecule has 0 aliphatic heterocycles. The van der Waals surface area contributed by atoms with Gasteiger partial charge in [0.05, 0.1) is 6.21 Å². The first-order chi connectivity index (χ1) is 11.5. The number of ether oxygens (including phenoxy) is 1. The molecule has 2 aromatic rings. The molecule has 2 rings (SSSR count). The molecule has 0 unspecified atom stereocenters. The summed E-state index contributed by atoms with van der Waals surface area (Å²) in [7, 11) is 1.73. The second-order valence-corrected chi connectivity index (χ2v) is 5.25. The van der Waals surface area contributed by atoms with Gasteiger partial charge in [-0.25, -0.2) is 5.01 Å². The fraction of sp³-hybridized carbons (Fsp3) is 0.176. The lowest BCUT2D eigenvalue weighted by Crippen LogP contribution is -2.33. The van der Waals surface area contributed by atoms with Crippen LogP contribution in [0.5, 0.6) is 5.75 Å². The summed E-state index contributed by atoms with van der Waals surface area (Å²) >= 11 is 5.26. The number of hydrazone groups is 1. The zero-order chi connectivity index (χ0) is 17.4. The molecule has 0 aliphatic carbocycles. The van der Waals surface area contributed by atoms with E-state index in [1.807, 2.05) is 30.3 Å². The molecule has 1 N–H and O–H groups in total. The van der Waals surface area contributed by atoms with E-state index in [4.69, 9.17) is 12.2 Å². The van der Waals surface area contributed by atoms with Gasteiger partial charge in [0, 0.05) is 13.6 Å². The van der Waals surface area contributed by atoms with Gasteiger partial charge in [-0.15, -0.1) is 0 Å². The van der Waals surface area contributed by atoms with Crippen LogP contribution in [0.4, 0.5) is 8.78 Å². The summed E-state index contributed by atoms with van der Waals surface area (Å²) in [4.78, 5) is 0. The Morgan fingerprint density at radius 1 is 1.21 bits per heavy atom. The fourth-order valence-electron chi connectivity index (χ4n) is 1.83. The second-order valence-electron chi connectivity index (χ2n) is 4.86. The number of hydrogen-bond donors (Lipinski definition) is 1. The minimum Gasteiger partial charge on any atom is -0.435 e. The van der Waals surface area contributed by atoms with Crippen LogP contribution in [-0.2, 0) is 6.54 Å². The molecular weight excluding hydrogens is 332 g/mol. The maximum absolute atomic E-state index is 12.1. The second kappa shape index (κ2) is 8.93. The monoisotopic (exact) mass is 349 g/mol. The average molecular weight is 349 g/mol. The Bertz CT molecular complexity index is 678. The predicted molar refractivity (Wildman–Crippen MR) is 94.3 cm³/mol. The first-order valence-corrected chi connectivity index (χ1v) is 7.60. The van der Waals surface area contributed by atoms with Crippen molar-refractivity contribution in [3.63, 3.8) is 0 Å². The zero-order valence-corrected chi connectivity index (χ0v) is 13.8. The van der Waals surface area contributed by atoms with Crippen LogP contribution in [0.3, 0.4) is 0 Å². The molecule has 0 heterocycles. The van der Waals surface area contributed by atoms with Crippen LogP contribution in [0.25, 0.3) is 0 Å². The molecule has 24 heavy (non-hydrogen) atoms. The highest BCUT2D eigenvalue weighted by Gasteiger charge is 2.04. The Balaban J connectivity index is 1.85. The number of benzene rings is 2. The molecule has 0 radical (unpaired) electrons. The Labute approximate surface area is 144 Å². The number of nitrogens with zero attached hydrogens (tertiary/aromatic N) is 2. The van der Waals surface area contributed by atoms with E-state index >= 15 is 0 Å². The van der Waals surface area contributed by atoms with E-state index in [2.05, 4.69) is 15.2 Å². The van der Waals surface area contributed by atoms with Gasteiger partial charge in [-0.2, -0.15) is 13.9 Å². The van der Waals surface area contributed by atoms with Crippen LogP contribution in [-0.4, -0.2) is 30.0 Å². The van der Waals surface area contributed by atoms with Crippen molar-refractivity contribution < 1.29 is 13.5 Å². The molecule has 2 aromatic carbocycles. The van der Waals surface area contributed by atoms with Crippen LogP contribution in [0.1, 0.15) is 11.1 Å². The third-order valence-corrected chi connectivity index (χ3v) is 3.47. The van der Waals surface area contributed by atoms with E-state index in [9.17, 15) is 8.78 Å². The summed E-state index contributed by atoms with van der Waals surface area (Å²) in [6.45, 7) is -2.22. The standard InChI is InChI=1S/C17H17F2N3OS/c1-22(17(24)20-11-13-5-3-2-4-6-13)21-12-14-7-9-15(10-8-14)23-16(18)19/h2-10,12,16H,11H2,1H3,(H,20,24)/b21-12-. The quantitative estimate of drug-likeness (QED) is 0.491. The van der Waals surface area contributed by atoms with Crippen molar-refractivity contribution in [1.29, 1.82) is 0 Å². The Kier molecular flexibility index (Phi) is 6.62. The highest BCUT2D eigenvalue weighted by molar-refractivity contribution is 7.80. The lowest BCUT2D eigenvalue weighted by atomic mass is 10.2. The van der Waals surface area contributed by atoms with Crippen molar-refractivity contribution in [3.8, 4) is 5.75 Å². The van der Waals surface area contributed by atoms with E-state index < -0.39 is 6.61 Å². The summed E-state index contributed by atoms with van der Waals surface area (Å²) in [6, 6.07) is 16.1. The molecule has 0 fully saturated rings. The van der Waals surface area contributed by atoms with Crippen LogP contribution < -0.4 is 10.1 Å². The van der Waals surface area contributed by atoms with E-state index in [0.717, 1.165) is 11.1 Å². The first-order valence-electron chi connectivity index (χ1n) is 7.19. The Hall–Kier alpha value is -2.54. The molecule has 4 nitrogen and oxygen atoms in total. The predicted octanol–water partition coefficient (Wildman–Crippen LogP) is 3.63. The minimum absolute atomic E-state index is 0.107. The lowest BCUT2D eigenvalue weighted by molar-refractivity contribution is -0.0498.